The number of hydrogen-bond donors (Lipinski definition) is 2. The summed E-state index contributed by atoms with van der Waals surface area (Å²) in [5.74, 6) is -3.39. The predicted molar refractivity (Wildman–Crippen MR) is 131 cm³/mol. The number of nitrogens with one attached hydrogen (secondary N) is 1. The Morgan fingerprint density at radius 1 is 1.26 bits per heavy atom. The summed E-state index contributed by atoms with van der Waals surface area (Å²) in [6, 6.07) is 7.34. The van der Waals surface area contributed by atoms with Crippen LogP contribution in [0.25, 0.3) is 0 Å². The Morgan fingerprint density at radius 3 is 2.64 bits per heavy atom. The molecule has 13 heteroatoms. The van der Waals surface area contributed by atoms with Gasteiger partial charge in [-0.25, -0.2) is 4.79 Å². The first-order valence-electron chi connectivity index (χ1n) is 12.1. The number of fused-ring (bicyclic) bond motifs is 1. The predicted octanol–water partition coefficient (Wildman–Crippen LogP) is 1.32. The third-order valence-electron chi connectivity index (χ3n) is 6.87. The summed E-state index contributed by atoms with van der Waals surface area (Å²) in [6.07, 6.45) is -2.95. The lowest BCUT2D eigenvalue weighted by molar-refractivity contribution is -0.384. The molecule has 0 bridgehead atoms. The summed E-state index contributed by atoms with van der Waals surface area (Å²) in [7, 11) is 0. The van der Waals surface area contributed by atoms with Crippen LogP contribution in [0.1, 0.15) is 38.7 Å². The molecule has 3 aliphatic heterocycles. The molecule has 4 rings (SSSR count). The standard InChI is InChI=1S/C26H27N3O10/c1-13-19(23(31)26(33)12-38-22-18(39-15(3)30)11-37-24(22)26)21(16-6-4-7-17(10-16)29(34)35)20(14(2)28-13)25(32)36-9-5-8-27/h4,6-7,10,18,21-22,24,28,33H,5,9,11-12H2,1-3H3/t18-,21?,22+,24-,26-/m0/s1. The average Bonchev–Trinajstić information content (AvgIpc) is 3.44. The van der Waals surface area contributed by atoms with E-state index in [1.807, 2.05) is 6.07 Å². The van der Waals surface area contributed by atoms with Crippen molar-refractivity contribution >= 4 is 23.4 Å². The van der Waals surface area contributed by atoms with E-state index in [0.29, 0.717) is 11.4 Å². The van der Waals surface area contributed by atoms with Crippen molar-refractivity contribution in [1.82, 2.24) is 5.32 Å². The van der Waals surface area contributed by atoms with E-state index in [0.717, 1.165) is 0 Å². The van der Waals surface area contributed by atoms with Crippen LogP contribution in [0.3, 0.4) is 0 Å². The van der Waals surface area contributed by atoms with E-state index in [-0.39, 0.29) is 42.0 Å². The van der Waals surface area contributed by atoms with Gasteiger partial charge in [-0.05, 0) is 19.4 Å². The summed E-state index contributed by atoms with van der Waals surface area (Å²) in [6.45, 7) is 3.62. The van der Waals surface area contributed by atoms with Gasteiger partial charge in [-0.15, -0.1) is 0 Å². The molecule has 0 spiro atoms. The van der Waals surface area contributed by atoms with E-state index in [1.165, 1.54) is 31.2 Å². The van der Waals surface area contributed by atoms with Crippen LogP contribution in [0.4, 0.5) is 5.69 Å². The summed E-state index contributed by atoms with van der Waals surface area (Å²) < 4.78 is 21.8. The monoisotopic (exact) mass is 541 g/mol. The highest BCUT2D eigenvalue weighted by molar-refractivity contribution is 6.08. The van der Waals surface area contributed by atoms with Gasteiger partial charge in [0.05, 0.1) is 36.2 Å². The van der Waals surface area contributed by atoms with Crippen LogP contribution >= 0.6 is 0 Å². The van der Waals surface area contributed by atoms with Crippen molar-refractivity contribution < 1.29 is 43.4 Å². The Kier molecular flexibility index (Phi) is 7.82. The van der Waals surface area contributed by atoms with Crippen LogP contribution in [-0.2, 0) is 33.3 Å². The minimum Gasteiger partial charge on any atom is -0.461 e. The molecular formula is C26H27N3O10. The van der Waals surface area contributed by atoms with Crippen molar-refractivity contribution in [2.45, 2.75) is 57.0 Å². The maximum Gasteiger partial charge on any atom is 0.336 e. The van der Waals surface area contributed by atoms with E-state index in [9.17, 15) is 29.6 Å². The number of nitro benzene ring substituents is 1. The van der Waals surface area contributed by atoms with Gasteiger partial charge in [0.25, 0.3) is 5.69 Å². The second-order valence-corrected chi connectivity index (χ2v) is 9.46. The minimum atomic E-state index is -2.21. The van der Waals surface area contributed by atoms with Gasteiger partial charge in [-0.1, -0.05) is 12.1 Å². The zero-order chi connectivity index (χ0) is 28.5. The summed E-state index contributed by atoms with van der Waals surface area (Å²) in [4.78, 5) is 49.8. The quantitative estimate of drug-likeness (QED) is 0.208. The first-order valence-corrected chi connectivity index (χ1v) is 12.1. The molecule has 0 aromatic heterocycles. The van der Waals surface area contributed by atoms with E-state index >= 15 is 0 Å². The molecule has 1 aromatic carbocycles. The van der Waals surface area contributed by atoms with Crippen molar-refractivity contribution in [1.29, 1.82) is 5.26 Å². The maximum atomic E-state index is 14.2. The van der Waals surface area contributed by atoms with Gasteiger partial charge >= 0.3 is 11.9 Å². The minimum absolute atomic E-state index is 0.00779. The van der Waals surface area contributed by atoms with Crippen LogP contribution in [0, 0.1) is 21.4 Å². The van der Waals surface area contributed by atoms with E-state index in [4.69, 9.17) is 24.2 Å². The Labute approximate surface area is 223 Å². The van der Waals surface area contributed by atoms with Gasteiger partial charge in [-0.3, -0.25) is 19.7 Å². The summed E-state index contributed by atoms with van der Waals surface area (Å²) >= 11 is 0. The lowest BCUT2D eigenvalue weighted by atomic mass is 9.74. The van der Waals surface area contributed by atoms with Crippen molar-refractivity contribution in [2.24, 2.45) is 0 Å². The molecule has 2 N–H and O–H groups in total. The number of aliphatic hydroxyl groups is 1. The van der Waals surface area contributed by atoms with Crippen LogP contribution in [-0.4, -0.2) is 71.5 Å². The molecule has 2 fully saturated rings. The first-order chi connectivity index (χ1) is 18.5. The van der Waals surface area contributed by atoms with E-state index in [2.05, 4.69) is 5.32 Å². The summed E-state index contributed by atoms with van der Waals surface area (Å²) in [5.41, 5.74) is -1.65. The third kappa shape index (κ3) is 5.14. The van der Waals surface area contributed by atoms with Crippen LogP contribution in [0.2, 0.25) is 0 Å². The van der Waals surface area contributed by atoms with Gasteiger partial charge in [0.15, 0.2) is 17.5 Å². The van der Waals surface area contributed by atoms with Gasteiger partial charge in [0.2, 0.25) is 0 Å². The maximum absolute atomic E-state index is 14.2. The fourth-order valence-electron chi connectivity index (χ4n) is 5.22. The second-order valence-electron chi connectivity index (χ2n) is 9.46. The molecular weight excluding hydrogens is 514 g/mol. The number of ether oxygens (including phenoxy) is 4. The number of nitrogens with zero attached hydrogens (tertiary/aromatic N) is 2. The Bertz CT molecular complexity index is 1330. The highest BCUT2D eigenvalue weighted by atomic mass is 16.6. The van der Waals surface area contributed by atoms with Crippen molar-refractivity contribution in [3.63, 3.8) is 0 Å². The van der Waals surface area contributed by atoms with Gasteiger partial charge in [-0.2, -0.15) is 5.26 Å². The van der Waals surface area contributed by atoms with Gasteiger partial charge in [0, 0.05) is 41.9 Å². The van der Waals surface area contributed by atoms with Crippen molar-refractivity contribution in [2.75, 3.05) is 19.8 Å². The molecule has 206 valence electrons. The number of dihydropyridines is 1. The van der Waals surface area contributed by atoms with E-state index in [1.54, 1.807) is 13.8 Å². The Morgan fingerprint density at radius 2 is 1.97 bits per heavy atom. The molecule has 5 atom stereocenters. The number of allylic oxidation sites excluding steroid dienone is 2. The smallest absolute Gasteiger partial charge is 0.336 e. The molecule has 0 saturated carbocycles. The number of ketones is 1. The molecule has 3 heterocycles. The average molecular weight is 542 g/mol. The third-order valence-corrected chi connectivity index (χ3v) is 6.87. The number of nitriles is 1. The molecule has 0 radical (unpaired) electrons. The zero-order valence-corrected chi connectivity index (χ0v) is 21.5. The van der Waals surface area contributed by atoms with Crippen LogP contribution in [0.15, 0.2) is 46.8 Å². The molecule has 0 aliphatic carbocycles. The number of hydrogen-bond acceptors (Lipinski definition) is 12. The first kappa shape index (κ1) is 27.9. The fourth-order valence-corrected chi connectivity index (χ4v) is 5.22. The molecule has 0 amide bonds. The second kappa shape index (κ2) is 10.9. The molecule has 1 unspecified atom stereocenters. The largest absolute Gasteiger partial charge is 0.461 e. The highest BCUT2D eigenvalue weighted by Gasteiger charge is 2.62. The lowest BCUT2D eigenvalue weighted by Crippen LogP contribution is -2.53. The Balaban J connectivity index is 1.78. The number of Topliss-reactive ketones (excluding diaryl/α,β-unsaturated/α-hetero) is 1. The molecule has 39 heavy (non-hydrogen) atoms. The molecule has 13 nitrogen and oxygen atoms in total. The molecule has 3 aliphatic rings. The topological polar surface area (TPSA) is 187 Å². The number of rotatable bonds is 8. The SMILES string of the molecule is CC(=O)O[C@H]1CO[C@H]2[C@@H]1OC[C@]2(O)C(=O)C1=C(C)NC(C)=C(C(=O)OCCC#N)C1c1cccc([N+](=O)[O-])c1. The number of nitro groups is 1. The number of non-ortho nitro benzene ring substituents is 1. The lowest BCUT2D eigenvalue weighted by Gasteiger charge is -2.35. The van der Waals surface area contributed by atoms with E-state index < -0.39 is 59.1 Å². The summed E-state index contributed by atoms with van der Waals surface area (Å²) in [5, 5.41) is 35.0. The number of esters is 2. The van der Waals surface area contributed by atoms with Crippen LogP contribution in [0.5, 0.6) is 0 Å². The van der Waals surface area contributed by atoms with Crippen LogP contribution < -0.4 is 5.32 Å². The highest BCUT2D eigenvalue weighted by Crippen LogP contribution is 2.45. The molecule has 1 aromatic rings. The number of benzene rings is 1. The normalized spacial score (nSPS) is 27.9. The number of carbonyl (C=O) groups is 3. The number of carbonyl (C=O) groups excluding carboxylic acids is 3. The Hall–Kier alpha value is -4.12. The van der Waals surface area contributed by atoms with Crippen molar-refractivity contribution in [3.05, 3.63) is 62.5 Å². The molecule has 2 saturated heterocycles. The van der Waals surface area contributed by atoms with Gasteiger partial charge in [0.1, 0.15) is 18.8 Å². The van der Waals surface area contributed by atoms with Gasteiger partial charge < -0.3 is 29.4 Å². The zero-order valence-electron chi connectivity index (χ0n) is 21.5. The van der Waals surface area contributed by atoms with Crippen molar-refractivity contribution in [3.8, 4) is 6.07 Å². The fraction of sp³-hybridized carbons (Fsp3) is 0.462.